The van der Waals surface area contributed by atoms with Crippen LogP contribution in [-0.2, 0) is 4.79 Å². The maximum absolute atomic E-state index is 12.1. The molecule has 0 aromatic carbocycles. The van der Waals surface area contributed by atoms with E-state index in [1.807, 2.05) is 0 Å². The molecule has 0 spiro atoms. The molecule has 1 saturated heterocycles. The van der Waals surface area contributed by atoms with Gasteiger partial charge in [-0.1, -0.05) is 39.0 Å². The minimum atomic E-state index is 0.197. The lowest BCUT2D eigenvalue weighted by Crippen LogP contribution is -2.35. The molecular weight excluding hydrogens is 248 g/mol. The molecule has 0 radical (unpaired) electrons. The number of hydrogen-bond donors (Lipinski definition) is 2. The van der Waals surface area contributed by atoms with Crippen LogP contribution in [0.15, 0.2) is 0 Å². The maximum atomic E-state index is 12.1. The van der Waals surface area contributed by atoms with Crippen molar-refractivity contribution in [3.8, 4) is 0 Å². The van der Waals surface area contributed by atoms with Crippen molar-refractivity contribution in [2.24, 2.45) is 17.8 Å². The molecule has 2 aliphatic rings. The average Bonchev–Trinajstić information content (AvgIpc) is 2.49. The normalized spacial score (nSPS) is 26.1. The summed E-state index contributed by atoms with van der Waals surface area (Å²) < 4.78 is 0. The summed E-state index contributed by atoms with van der Waals surface area (Å²) in [5.41, 5.74) is 0. The zero-order valence-corrected chi connectivity index (χ0v) is 13.1. The van der Waals surface area contributed by atoms with Gasteiger partial charge in [0.25, 0.3) is 0 Å². The molecule has 1 aliphatic heterocycles. The Morgan fingerprint density at radius 2 is 1.90 bits per heavy atom. The molecule has 1 heterocycles. The zero-order chi connectivity index (χ0) is 14.2. The second-order valence-corrected chi connectivity index (χ2v) is 6.93. The van der Waals surface area contributed by atoms with Gasteiger partial charge in [0.2, 0.25) is 5.91 Å². The molecule has 20 heavy (non-hydrogen) atoms. The minimum Gasteiger partial charge on any atom is -0.356 e. The molecular formula is C17H32N2O. The quantitative estimate of drug-likeness (QED) is 0.785. The molecule has 0 aromatic rings. The molecule has 2 unspecified atom stereocenters. The molecule has 0 bridgehead atoms. The third kappa shape index (κ3) is 5.43. The standard InChI is InChI=1S/C17H32N2O/c1-14(12-15-6-3-2-4-7-15)17(20)19-11-9-16-8-5-10-18-13-16/h14-16,18H,2-13H2,1H3,(H,19,20). The summed E-state index contributed by atoms with van der Waals surface area (Å²) >= 11 is 0. The van der Waals surface area contributed by atoms with Crippen molar-refractivity contribution in [3.63, 3.8) is 0 Å². The van der Waals surface area contributed by atoms with Crippen LogP contribution in [-0.4, -0.2) is 25.5 Å². The first-order chi connectivity index (χ1) is 9.75. The van der Waals surface area contributed by atoms with Crippen LogP contribution in [0.25, 0.3) is 0 Å². The van der Waals surface area contributed by atoms with E-state index < -0.39 is 0 Å². The van der Waals surface area contributed by atoms with Crippen molar-refractivity contribution >= 4 is 5.91 Å². The van der Waals surface area contributed by atoms with Gasteiger partial charge in [-0.05, 0) is 50.6 Å². The summed E-state index contributed by atoms with van der Waals surface area (Å²) in [5.74, 6) is 2.03. The van der Waals surface area contributed by atoms with E-state index in [0.29, 0.717) is 0 Å². The number of nitrogens with one attached hydrogen (secondary N) is 2. The van der Waals surface area contributed by atoms with Gasteiger partial charge >= 0.3 is 0 Å². The Hall–Kier alpha value is -0.570. The van der Waals surface area contributed by atoms with Gasteiger partial charge in [-0.25, -0.2) is 0 Å². The monoisotopic (exact) mass is 280 g/mol. The van der Waals surface area contributed by atoms with E-state index in [4.69, 9.17) is 0 Å². The number of rotatable bonds is 6. The van der Waals surface area contributed by atoms with Crippen LogP contribution in [0.5, 0.6) is 0 Å². The summed E-state index contributed by atoms with van der Waals surface area (Å²) in [6.45, 7) is 5.26. The number of carbonyl (C=O) groups excluding carboxylic acids is 1. The molecule has 2 rings (SSSR count). The lowest BCUT2D eigenvalue weighted by Gasteiger charge is -2.25. The molecule has 1 saturated carbocycles. The van der Waals surface area contributed by atoms with Gasteiger partial charge in [0.1, 0.15) is 0 Å². The number of amides is 1. The third-order valence-electron chi connectivity index (χ3n) is 5.11. The van der Waals surface area contributed by atoms with Crippen molar-refractivity contribution in [1.29, 1.82) is 0 Å². The van der Waals surface area contributed by atoms with Gasteiger partial charge in [-0.15, -0.1) is 0 Å². The highest BCUT2D eigenvalue weighted by molar-refractivity contribution is 5.78. The fourth-order valence-electron chi connectivity index (χ4n) is 3.77. The predicted octanol–water partition coefficient (Wildman–Crippen LogP) is 3.10. The van der Waals surface area contributed by atoms with Crippen molar-refractivity contribution in [2.45, 2.75) is 64.7 Å². The van der Waals surface area contributed by atoms with Crippen molar-refractivity contribution in [2.75, 3.05) is 19.6 Å². The lowest BCUT2D eigenvalue weighted by molar-refractivity contribution is -0.125. The Morgan fingerprint density at radius 1 is 1.15 bits per heavy atom. The van der Waals surface area contributed by atoms with Crippen LogP contribution in [0, 0.1) is 17.8 Å². The first kappa shape index (κ1) is 15.8. The van der Waals surface area contributed by atoms with Crippen LogP contribution in [0.4, 0.5) is 0 Å². The Labute approximate surface area is 124 Å². The van der Waals surface area contributed by atoms with Crippen LogP contribution in [0.2, 0.25) is 0 Å². The fourth-order valence-corrected chi connectivity index (χ4v) is 3.77. The van der Waals surface area contributed by atoms with Crippen LogP contribution in [0.1, 0.15) is 64.7 Å². The van der Waals surface area contributed by atoms with Gasteiger partial charge in [-0.3, -0.25) is 4.79 Å². The lowest BCUT2D eigenvalue weighted by atomic mass is 9.83. The SMILES string of the molecule is CC(CC1CCCCC1)C(=O)NCCC1CCCNC1. The molecule has 2 fully saturated rings. The van der Waals surface area contributed by atoms with E-state index in [2.05, 4.69) is 17.6 Å². The molecule has 3 heteroatoms. The van der Waals surface area contributed by atoms with Crippen LogP contribution >= 0.6 is 0 Å². The highest BCUT2D eigenvalue weighted by atomic mass is 16.1. The summed E-state index contributed by atoms with van der Waals surface area (Å²) in [5, 5.41) is 6.59. The van der Waals surface area contributed by atoms with Gasteiger partial charge in [0.05, 0.1) is 0 Å². The minimum absolute atomic E-state index is 0.197. The zero-order valence-electron chi connectivity index (χ0n) is 13.1. The molecule has 1 aliphatic carbocycles. The number of hydrogen-bond acceptors (Lipinski definition) is 2. The Bertz CT molecular complexity index is 281. The second kappa shape index (κ2) is 8.66. The molecule has 116 valence electrons. The smallest absolute Gasteiger partial charge is 0.222 e. The van der Waals surface area contributed by atoms with E-state index in [0.717, 1.165) is 37.8 Å². The third-order valence-corrected chi connectivity index (χ3v) is 5.11. The highest BCUT2D eigenvalue weighted by Crippen LogP contribution is 2.29. The molecule has 1 amide bonds. The number of piperidine rings is 1. The first-order valence-electron chi connectivity index (χ1n) is 8.74. The molecule has 3 nitrogen and oxygen atoms in total. The summed E-state index contributed by atoms with van der Waals surface area (Å²) in [6, 6.07) is 0. The van der Waals surface area contributed by atoms with Crippen molar-refractivity contribution < 1.29 is 4.79 Å². The van der Waals surface area contributed by atoms with Gasteiger partial charge < -0.3 is 10.6 Å². The molecule has 2 N–H and O–H groups in total. The van der Waals surface area contributed by atoms with Gasteiger partial charge in [0, 0.05) is 12.5 Å². The van der Waals surface area contributed by atoms with E-state index in [9.17, 15) is 4.79 Å². The van der Waals surface area contributed by atoms with E-state index in [-0.39, 0.29) is 11.8 Å². The molecule has 0 aromatic heterocycles. The van der Waals surface area contributed by atoms with Crippen LogP contribution in [0.3, 0.4) is 0 Å². The number of carbonyl (C=O) groups is 1. The summed E-state index contributed by atoms with van der Waals surface area (Å²) in [4.78, 5) is 12.1. The maximum Gasteiger partial charge on any atom is 0.222 e. The average molecular weight is 280 g/mol. The first-order valence-corrected chi connectivity index (χ1v) is 8.74. The largest absolute Gasteiger partial charge is 0.356 e. The van der Waals surface area contributed by atoms with E-state index in [1.54, 1.807) is 0 Å². The Balaban J connectivity index is 1.58. The van der Waals surface area contributed by atoms with Gasteiger partial charge in [-0.2, -0.15) is 0 Å². The molecule has 2 atom stereocenters. The fraction of sp³-hybridized carbons (Fsp3) is 0.941. The van der Waals surface area contributed by atoms with E-state index in [1.165, 1.54) is 51.5 Å². The second-order valence-electron chi connectivity index (χ2n) is 6.93. The summed E-state index contributed by atoms with van der Waals surface area (Å²) in [7, 11) is 0. The van der Waals surface area contributed by atoms with Crippen LogP contribution < -0.4 is 10.6 Å². The Morgan fingerprint density at radius 3 is 2.60 bits per heavy atom. The summed E-state index contributed by atoms with van der Waals surface area (Å²) in [6.07, 6.45) is 11.6. The Kier molecular flexibility index (Phi) is 6.85. The van der Waals surface area contributed by atoms with Crippen molar-refractivity contribution in [1.82, 2.24) is 10.6 Å². The predicted molar refractivity (Wildman–Crippen MR) is 83.6 cm³/mol. The topological polar surface area (TPSA) is 41.1 Å². The van der Waals surface area contributed by atoms with Crippen molar-refractivity contribution in [3.05, 3.63) is 0 Å². The highest BCUT2D eigenvalue weighted by Gasteiger charge is 2.21. The van der Waals surface area contributed by atoms with Gasteiger partial charge in [0.15, 0.2) is 0 Å². The van der Waals surface area contributed by atoms with E-state index >= 15 is 0 Å².